The monoisotopic (exact) mass is 338 g/mol. The van der Waals surface area contributed by atoms with E-state index < -0.39 is 0 Å². The number of hydrogen-bond donors (Lipinski definition) is 1. The molecule has 2 aromatic rings. The Morgan fingerprint density at radius 2 is 1.56 bits per heavy atom. The lowest BCUT2D eigenvalue weighted by atomic mass is 10.1. The molecule has 1 aliphatic rings. The van der Waals surface area contributed by atoms with Crippen molar-refractivity contribution < 1.29 is 4.79 Å². The van der Waals surface area contributed by atoms with Gasteiger partial charge in [-0.25, -0.2) is 9.97 Å². The Hall–Kier alpha value is -2.43. The zero-order valence-electron chi connectivity index (χ0n) is 15.3. The SMILES string of the molecule is Cc1cc(C)cc(Nc2cc(C(=O)N3CCCCCC3)nc(C)n2)c1. The van der Waals surface area contributed by atoms with E-state index in [0.717, 1.165) is 31.6 Å². The summed E-state index contributed by atoms with van der Waals surface area (Å²) in [6, 6.07) is 8.03. The number of amides is 1. The van der Waals surface area contributed by atoms with Gasteiger partial charge in [-0.3, -0.25) is 4.79 Å². The average Bonchev–Trinajstić information content (AvgIpc) is 2.81. The summed E-state index contributed by atoms with van der Waals surface area (Å²) in [6.45, 7) is 7.60. The summed E-state index contributed by atoms with van der Waals surface area (Å²) < 4.78 is 0. The van der Waals surface area contributed by atoms with Crippen molar-refractivity contribution in [2.24, 2.45) is 0 Å². The molecule has 0 unspecified atom stereocenters. The van der Waals surface area contributed by atoms with E-state index in [2.05, 4.69) is 47.3 Å². The van der Waals surface area contributed by atoms with E-state index in [4.69, 9.17) is 0 Å². The van der Waals surface area contributed by atoms with E-state index in [9.17, 15) is 4.79 Å². The second kappa shape index (κ2) is 7.64. The molecular formula is C20H26N4O. The molecule has 2 heterocycles. The van der Waals surface area contributed by atoms with Gasteiger partial charge in [-0.2, -0.15) is 0 Å². The maximum absolute atomic E-state index is 12.8. The minimum Gasteiger partial charge on any atom is -0.340 e. The highest BCUT2D eigenvalue weighted by Gasteiger charge is 2.19. The molecule has 1 saturated heterocycles. The molecule has 5 heteroatoms. The Bertz CT molecular complexity index is 744. The van der Waals surface area contributed by atoms with Crippen molar-refractivity contribution in [2.75, 3.05) is 18.4 Å². The number of aromatic nitrogens is 2. The van der Waals surface area contributed by atoms with Crippen molar-refractivity contribution in [3.05, 3.63) is 46.9 Å². The zero-order chi connectivity index (χ0) is 17.8. The van der Waals surface area contributed by atoms with Crippen molar-refractivity contribution in [1.29, 1.82) is 0 Å². The van der Waals surface area contributed by atoms with E-state index in [0.29, 0.717) is 17.3 Å². The Balaban J connectivity index is 1.83. The lowest BCUT2D eigenvalue weighted by molar-refractivity contribution is 0.0755. The molecule has 1 aromatic heterocycles. The minimum atomic E-state index is 0.0101. The number of likely N-dealkylation sites (tertiary alicyclic amines) is 1. The summed E-state index contributed by atoms with van der Waals surface area (Å²) in [7, 11) is 0. The summed E-state index contributed by atoms with van der Waals surface area (Å²) in [6.07, 6.45) is 4.55. The van der Waals surface area contributed by atoms with E-state index in [1.807, 2.05) is 11.8 Å². The number of rotatable bonds is 3. The van der Waals surface area contributed by atoms with Crippen molar-refractivity contribution in [3.8, 4) is 0 Å². The van der Waals surface area contributed by atoms with Gasteiger partial charge in [0.15, 0.2) is 0 Å². The largest absolute Gasteiger partial charge is 0.340 e. The number of carbonyl (C=O) groups excluding carboxylic acids is 1. The van der Waals surface area contributed by atoms with Gasteiger partial charge >= 0.3 is 0 Å². The van der Waals surface area contributed by atoms with Crippen molar-refractivity contribution in [2.45, 2.75) is 46.5 Å². The molecule has 1 fully saturated rings. The highest BCUT2D eigenvalue weighted by molar-refractivity contribution is 5.93. The topological polar surface area (TPSA) is 58.1 Å². The first kappa shape index (κ1) is 17.4. The molecule has 132 valence electrons. The predicted molar refractivity (Wildman–Crippen MR) is 100 cm³/mol. The highest BCUT2D eigenvalue weighted by atomic mass is 16.2. The van der Waals surface area contributed by atoms with Crippen molar-refractivity contribution >= 4 is 17.4 Å². The fraction of sp³-hybridized carbons (Fsp3) is 0.450. The molecule has 0 atom stereocenters. The molecule has 5 nitrogen and oxygen atoms in total. The molecule has 3 rings (SSSR count). The van der Waals surface area contributed by atoms with Gasteiger partial charge in [-0.05, 0) is 56.9 Å². The summed E-state index contributed by atoms with van der Waals surface area (Å²) in [5, 5.41) is 3.32. The van der Waals surface area contributed by atoms with Crippen LogP contribution in [0.2, 0.25) is 0 Å². The van der Waals surface area contributed by atoms with Crippen molar-refractivity contribution in [3.63, 3.8) is 0 Å². The van der Waals surface area contributed by atoms with Gasteiger partial charge in [0, 0.05) is 24.8 Å². The second-order valence-corrected chi connectivity index (χ2v) is 6.89. The Kier molecular flexibility index (Phi) is 5.31. The van der Waals surface area contributed by atoms with Crippen LogP contribution < -0.4 is 5.32 Å². The van der Waals surface area contributed by atoms with Gasteiger partial charge in [-0.1, -0.05) is 18.9 Å². The van der Waals surface area contributed by atoms with Crippen LogP contribution in [-0.4, -0.2) is 33.9 Å². The Labute approximate surface area is 149 Å². The molecule has 25 heavy (non-hydrogen) atoms. The number of benzene rings is 1. The number of carbonyl (C=O) groups is 1. The Morgan fingerprint density at radius 3 is 2.20 bits per heavy atom. The summed E-state index contributed by atoms with van der Waals surface area (Å²) in [5.74, 6) is 1.28. The molecule has 1 aliphatic heterocycles. The zero-order valence-corrected chi connectivity index (χ0v) is 15.3. The van der Waals surface area contributed by atoms with Crippen LogP contribution in [0.25, 0.3) is 0 Å². The van der Waals surface area contributed by atoms with E-state index >= 15 is 0 Å². The maximum Gasteiger partial charge on any atom is 0.272 e. The van der Waals surface area contributed by atoms with Crippen LogP contribution in [0.4, 0.5) is 11.5 Å². The smallest absolute Gasteiger partial charge is 0.272 e. The lowest BCUT2D eigenvalue weighted by Gasteiger charge is -2.20. The number of nitrogens with one attached hydrogen (secondary N) is 1. The Morgan fingerprint density at radius 1 is 0.920 bits per heavy atom. The van der Waals surface area contributed by atoms with Crippen LogP contribution >= 0.6 is 0 Å². The number of anilines is 2. The molecule has 0 bridgehead atoms. The third kappa shape index (κ3) is 4.56. The first-order chi connectivity index (χ1) is 12.0. The molecular weight excluding hydrogens is 312 g/mol. The van der Waals surface area contributed by atoms with Gasteiger partial charge in [0.25, 0.3) is 5.91 Å². The normalized spacial score (nSPS) is 14.9. The van der Waals surface area contributed by atoms with Crippen LogP contribution in [0.3, 0.4) is 0 Å². The quantitative estimate of drug-likeness (QED) is 0.913. The fourth-order valence-corrected chi connectivity index (χ4v) is 3.37. The predicted octanol–water partition coefficient (Wildman–Crippen LogP) is 4.16. The molecule has 0 saturated carbocycles. The van der Waals surface area contributed by atoms with Crippen LogP contribution in [0.1, 0.15) is 53.1 Å². The molecule has 0 aliphatic carbocycles. The van der Waals surface area contributed by atoms with Gasteiger partial charge in [0.05, 0.1) is 0 Å². The van der Waals surface area contributed by atoms with Gasteiger partial charge in [0.2, 0.25) is 0 Å². The summed E-state index contributed by atoms with van der Waals surface area (Å²) in [4.78, 5) is 23.6. The average molecular weight is 338 g/mol. The van der Waals surface area contributed by atoms with E-state index in [1.165, 1.54) is 24.0 Å². The van der Waals surface area contributed by atoms with Gasteiger partial charge in [-0.15, -0.1) is 0 Å². The van der Waals surface area contributed by atoms with Crippen LogP contribution in [0.5, 0.6) is 0 Å². The maximum atomic E-state index is 12.8. The van der Waals surface area contributed by atoms with Gasteiger partial charge in [0.1, 0.15) is 17.3 Å². The fourth-order valence-electron chi connectivity index (χ4n) is 3.37. The lowest BCUT2D eigenvalue weighted by Crippen LogP contribution is -2.32. The third-order valence-corrected chi connectivity index (χ3v) is 4.44. The van der Waals surface area contributed by atoms with Crippen molar-refractivity contribution in [1.82, 2.24) is 14.9 Å². The van der Waals surface area contributed by atoms with E-state index in [-0.39, 0.29) is 5.91 Å². The molecule has 1 aromatic carbocycles. The van der Waals surface area contributed by atoms with Crippen LogP contribution in [0.15, 0.2) is 24.3 Å². The second-order valence-electron chi connectivity index (χ2n) is 6.89. The minimum absolute atomic E-state index is 0.0101. The molecule has 1 amide bonds. The third-order valence-electron chi connectivity index (χ3n) is 4.44. The number of hydrogen-bond acceptors (Lipinski definition) is 4. The first-order valence-electron chi connectivity index (χ1n) is 9.01. The standard InChI is InChI=1S/C20H26N4O/c1-14-10-15(2)12-17(11-14)23-19-13-18(21-16(3)22-19)20(25)24-8-6-4-5-7-9-24/h10-13H,4-9H2,1-3H3,(H,21,22,23). The number of aryl methyl sites for hydroxylation is 3. The highest BCUT2D eigenvalue weighted by Crippen LogP contribution is 2.20. The van der Waals surface area contributed by atoms with E-state index in [1.54, 1.807) is 6.07 Å². The molecule has 0 radical (unpaired) electrons. The summed E-state index contributed by atoms with van der Waals surface area (Å²) in [5.41, 5.74) is 3.83. The first-order valence-corrected chi connectivity index (χ1v) is 9.01. The van der Waals surface area contributed by atoms with Crippen LogP contribution in [0, 0.1) is 20.8 Å². The molecule has 1 N–H and O–H groups in total. The summed E-state index contributed by atoms with van der Waals surface area (Å²) >= 11 is 0. The van der Waals surface area contributed by atoms with Gasteiger partial charge < -0.3 is 10.2 Å². The van der Waals surface area contributed by atoms with Crippen LogP contribution in [-0.2, 0) is 0 Å². The molecule has 0 spiro atoms. The number of nitrogens with zero attached hydrogens (tertiary/aromatic N) is 3.